The summed E-state index contributed by atoms with van der Waals surface area (Å²) in [6.45, 7) is 0.907. The molecule has 2 rings (SSSR count). The molecular weight excluding hydrogens is 248 g/mol. The summed E-state index contributed by atoms with van der Waals surface area (Å²) in [4.78, 5) is 0. The van der Waals surface area contributed by atoms with E-state index in [-0.39, 0.29) is 6.04 Å². The molecule has 1 unspecified atom stereocenters. The van der Waals surface area contributed by atoms with Gasteiger partial charge in [-0.15, -0.1) is 0 Å². The van der Waals surface area contributed by atoms with Gasteiger partial charge in [0, 0.05) is 6.21 Å². The highest BCUT2D eigenvalue weighted by Gasteiger charge is 2.10. The van der Waals surface area contributed by atoms with E-state index in [1.165, 1.54) is 28.8 Å². The van der Waals surface area contributed by atoms with Gasteiger partial charge in [0.15, 0.2) is 0 Å². The van der Waals surface area contributed by atoms with Crippen LogP contribution in [0.5, 0.6) is 0 Å². The summed E-state index contributed by atoms with van der Waals surface area (Å²) in [5, 5.41) is 16.7. The Balaban J connectivity index is 2.24. The van der Waals surface area contributed by atoms with Crippen LogP contribution in [0.3, 0.4) is 0 Å². The SMILES string of the molecule is CNCCC(NN=CC=N)c1ccc2ccccc2c1. The standard InChI is InChI=1S/C16H20N4/c1-18-10-8-16(20-19-11-9-17)15-7-6-13-4-2-3-5-14(13)12-15/h2-7,9,11-12,16-18,20H,8,10H2,1H3. The van der Waals surface area contributed by atoms with Gasteiger partial charge in [0.2, 0.25) is 0 Å². The van der Waals surface area contributed by atoms with Crippen molar-refractivity contribution < 1.29 is 0 Å². The van der Waals surface area contributed by atoms with Crippen LogP contribution >= 0.6 is 0 Å². The van der Waals surface area contributed by atoms with Crippen LogP contribution in [0.15, 0.2) is 47.6 Å². The first-order chi connectivity index (χ1) is 9.85. The summed E-state index contributed by atoms with van der Waals surface area (Å²) in [5.74, 6) is 0. The second kappa shape index (κ2) is 7.40. The molecule has 0 saturated carbocycles. The predicted molar refractivity (Wildman–Crippen MR) is 85.6 cm³/mol. The lowest BCUT2D eigenvalue weighted by Crippen LogP contribution is -2.21. The third kappa shape index (κ3) is 3.65. The van der Waals surface area contributed by atoms with E-state index >= 15 is 0 Å². The minimum atomic E-state index is 0.142. The fourth-order valence-corrected chi connectivity index (χ4v) is 2.19. The van der Waals surface area contributed by atoms with Crippen molar-refractivity contribution in [2.45, 2.75) is 12.5 Å². The second-order valence-electron chi connectivity index (χ2n) is 4.63. The summed E-state index contributed by atoms with van der Waals surface area (Å²) in [5.41, 5.74) is 4.32. The number of hydrazone groups is 1. The number of hydrogen-bond donors (Lipinski definition) is 3. The van der Waals surface area contributed by atoms with Crippen LogP contribution < -0.4 is 10.7 Å². The van der Waals surface area contributed by atoms with Gasteiger partial charge in [0.05, 0.1) is 12.3 Å². The van der Waals surface area contributed by atoms with Crippen molar-refractivity contribution in [3.05, 3.63) is 48.0 Å². The smallest absolute Gasteiger partial charge is 0.0701 e. The van der Waals surface area contributed by atoms with Crippen LogP contribution in [0.4, 0.5) is 0 Å². The molecule has 2 aromatic rings. The average Bonchev–Trinajstić information content (AvgIpc) is 2.50. The maximum Gasteiger partial charge on any atom is 0.0701 e. The van der Waals surface area contributed by atoms with Gasteiger partial charge in [-0.05, 0) is 42.4 Å². The molecule has 0 aliphatic rings. The maximum absolute atomic E-state index is 6.97. The van der Waals surface area contributed by atoms with Crippen LogP contribution in [0, 0.1) is 5.41 Å². The molecule has 0 fully saturated rings. The first kappa shape index (κ1) is 14.2. The van der Waals surface area contributed by atoms with Gasteiger partial charge < -0.3 is 16.2 Å². The average molecular weight is 268 g/mol. The van der Waals surface area contributed by atoms with Gasteiger partial charge >= 0.3 is 0 Å². The molecule has 4 heteroatoms. The summed E-state index contributed by atoms with van der Waals surface area (Å²) in [6.07, 6.45) is 3.56. The lowest BCUT2D eigenvalue weighted by atomic mass is 10.0. The Kier molecular flexibility index (Phi) is 5.26. The topological polar surface area (TPSA) is 60.3 Å². The van der Waals surface area contributed by atoms with Crippen LogP contribution in [0.25, 0.3) is 10.8 Å². The summed E-state index contributed by atoms with van der Waals surface area (Å²) < 4.78 is 0. The third-order valence-corrected chi connectivity index (χ3v) is 3.24. The molecule has 104 valence electrons. The fourth-order valence-electron chi connectivity index (χ4n) is 2.19. The van der Waals surface area contributed by atoms with E-state index in [0.29, 0.717) is 0 Å². The Hall–Kier alpha value is -2.20. The molecule has 0 amide bonds. The number of benzene rings is 2. The number of nitrogens with zero attached hydrogens (tertiary/aromatic N) is 1. The Morgan fingerprint density at radius 2 is 2.00 bits per heavy atom. The predicted octanol–water partition coefficient (Wildman–Crippen LogP) is 2.72. The number of fused-ring (bicyclic) bond motifs is 1. The molecule has 1 atom stereocenters. The van der Waals surface area contributed by atoms with E-state index in [0.717, 1.165) is 13.0 Å². The third-order valence-electron chi connectivity index (χ3n) is 3.24. The highest BCUT2D eigenvalue weighted by Crippen LogP contribution is 2.22. The van der Waals surface area contributed by atoms with Gasteiger partial charge in [-0.1, -0.05) is 36.4 Å². The monoisotopic (exact) mass is 268 g/mol. The first-order valence-corrected chi connectivity index (χ1v) is 6.76. The minimum absolute atomic E-state index is 0.142. The van der Waals surface area contributed by atoms with Crippen molar-refractivity contribution in [1.29, 1.82) is 5.41 Å². The Labute approximate surface area is 119 Å². The van der Waals surface area contributed by atoms with Crippen molar-refractivity contribution in [3.63, 3.8) is 0 Å². The zero-order valence-corrected chi connectivity index (χ0v) is 11.6. The van der Waals surface area contributed by atoms with Crippen LogP contribution in [-0.4, -0.2) is 26.0 Å². The van der Waals surface area contributed by atoms with Crippen LogP contribution in [0.2, 0.25) is 0 Å². The molecule has 3 N–H and O–H groups in total. The largest absolute Gasteiger partial charge is 0.320 e. The Bertz CT molecular complexity index is 592. The molecule has 4 nitrogen and oxygen atoms in total. The van der Waals surface area contributed by atoms with Crippen LogP contribution in [0.1, 0.15) is 18.0 Å². The van der Waals surface area contributed by atoms with E-state index in [2.05, 4.69) is 52.2 Å². The lowest BCUT2D eigenvalue weighted by molar-refractivity contribution is 0.509. The number of rotatable bonds is 7. The van der Waals surface area contributed by atoms with Crippen molar-refractivity contribution in [2.75, 3.05) is 13.6 Å². The molecule has 20 heavy (non-hydrogen) atoms. The van der Waals surface area contributed by atoms with E-state index in [4.69, 9.17) is 5.41 Å². The molecule has 0 saturated heterocycles. The Morgan fingerprint density at radius 3 is 2.75 bits per heavy atom. The van der Waals surface area contributed by atoms with E-state index in [9.17, 15) is 0 Å². The minimum Gasteiger partial charge on any atom is -0.320 e. The zero-order valence-electron chi connectivity index (χ0n) is 11.6. The lowest BCUT2D eigenvalue weighted by Gasteiger charge is -2.17. The highest BCUT2D eigenvalue weighted by molar-refractivity contribution is 6.14. The zero-order chi connectivity index (χ0) is 14.2. The number of hydrogen-bond acceptors (Lipinski definition) is 4. The van der Waals surface area contributed by atoms with E-state index in [1.807, 2.05) is 13.1 Å². The fraction of sp³-hybridized carbons (Fsp3) is 0.250. The quantitative estimate of drug-likeness (QED) is 0.534. The van der Waals surface area contributed by atoms with Crippen molar-refractivity contribution in [3.8, 4) is 0 Å². The van der Waals surface area contributed by atoms with Crippen molar-refractivity contribution >= 4 is 23.2 Å². The summed E-state index contributed by atoms with van der Waals surface area (Å²) in [7, 11) is 1.94. The summed E-state index contributed by atoms with van der Waals surface area (Å²) >= 11 is 0. The normalized spacial score (nSPS) is 12.7. The molecular formula is C16H20N4. The molecule has 0 radical (unpaired) electrons. The molecule has 0 spiro atoms. The number of nitrogens with one attached hydrogen (secondary N) is 3. The van der Waals surface area contributed by atoms with Gasteiger partial charge in [0.1, 0.15) is 0 Å². The van der Waals surface area contributed by atoms with Gasteiger partial charge in [-0.25, -0.2) is 0 Å². The maximum atomic E-state index is 6.97. The molecule has 0 bridgehead atoms. The molecule has 0 aromatic heterocycles. The molecule has 0 aliphatic carbocycles. The van der Waals surface area contributed by atoms with Crippen LogP contribution in [-0.2, 0) is 0 Å². The first-order valence-electron chi connectivity index (χ1n) is 6.76. The second-order valence-corrected chi connectivity index (χ2v) is 4.63. The van der Waals surface area contributed by atoms with Crippen molar-refractivity contribution in [2.24, 2.45) is 5.10 Å². The Morgan fingerprint density at radius 1 is 1.20 bits per heavy atom. The van der Waals surface area contributed by atoms with Crippen molar-refractivity contribution in [1.82, 2.24) is 10.7 Å². The van der Waals surface area contributed by atoms with Gasteiger partial charge in [-0.2, -0.15) is 5.10 Å². The van der Waals surface area contributed by atoms with E-state index < -0.39 is 0 Å². The van der Waals surface area contributed by atoms with Gasteiger partial charge in [-0.3, -0.25) is 0 Å². The van der Waals surface area contributed by atoms with E-state index in [1.54, 1.807) is 0 Å². The highest BCUT2D eigenvalue weighted by atomic mass is 15.3. The molecule has 0 heterocycles. The molecule has 2 aromatic carbocycles. The summed E-state index contributed by atoms with van der Waals surface area (Å²) in [6, 6.07) is 14.9. The van der Waals surface area contributed by atoms with Gasteiger partial charge in [0.25, 0.3) is 0 Å². The molecule has 0 aliphatic heterocycles.